The summed E-state index contributed by atoms with van der Waals surface area (Å²) in [6.45, 7) is 5.08. The number of ether oxygens (including phenoxy) is 1. The maximum Gasteiger partial charge on any atom is 0.318 e. The SMILES string of the molecule is CC(C)(C)OC(=O)C1(c2ccc([N+](=O)[O-])c(F)c2)CC1C#N. The zero-order valence-electron chi connectivity index (χ0n) is 12.4. The number of nitro groups is 1. The molecule has 0 amide bonds. The summed E-state index contributed by atoms with van der Waals surface area (Å²) in [5, 5.41) is 19.8. The molecule has 0 radical (unpaired) electrons. The Morgan fingerprint density at radius 3 is 2.59 bits per heavy atom. The molecule has 2 unspecified atom stereocenters. The van der Waals surface area contributed by atoms with Crippen LogP contribution in [0.4, 0.5) is 10.1 Å². The predicted octanol–water partition coefficient (Wildman–Crippen LogP) is 2.86. The molecule has 1 aromatic carbocycles. The van der Waals surface area contributed by atoms with E-state index in [0.717, 1.165) is 12.1 Å². The molecule has 0 saturated heterocycles. The molecule has 1 fully saturated rings. The van der Waals surface area contributed by atoms with Crippen LogP contribution in [0.3, 0.4) is 0 Å². The quantitative estimate of drug-likeness (QED) is 0.486. The maximum atomic E-state index is 13.8. The van der Waals surface area contributed by atoms with Gasteiger partial charge in [-0.1, -0.05) is 6.07 Å². The smallest absolute Gasteiger partial charge is 0.318 e. The molecule has 0 spiro atoms. The van der Waals surface area contributed by atoms with E-state index in [4.69, 9.17) is 10.00 Å². The normalized spacial score (nSPS) is 23.5. The third kappa shape index (κ3) is 2.64. The highest BCUT2D eigenvalue weighted by Gasteiger charge is 2.64. The molecule has 1 aromatic rings. The summed E-state index contributed by atoms with van der Waals surface area (Å²) in [4.78, 5) is 22.2. The van der Waals surface area contributed by atoms with Crippen LogP contribution < -0.4 is 0 Å². The molecular weight excluding hydrogens is 291 g/mol. The first-order valence-corrected chi connectivity index (χ1v) is 6.69. The van der Waals surface area contributed by atoms with Crippen molar-refractivity contribution in [1.29, 1.82) is 5.26 Å². The molecule has 2 rings (SSSR count). The van der Waals surface area contributed by atoms with E-state index in [1.54, 1.807) is 20.8 Å². The van der Waals surface area contributed by atoms with Crippen LogP contribution in [0.5, 0.6) is 0 Å². The monoisotopic (exact) mass is 306 g/mol. The van der Waals surface area contributed by atoms with E-state index < -0.39 is 39.3 Å². The standard InChI is InChI=1S/C15H15FN2O4/c1-14(2,3)22-13(19)15(7-10(15)8-17)9-4-5-12(18(20)21)11(16)6-9/h4-6,10H,7H2,1-3H3. The lowest BCUT2D eigenvalue weighted by atomic mass is 9.92. The molecule has 116 valence electrons. The van der Waals surface area contributed by atoms with Gasteiger partial charge in [-0.25, -0.2) is 0 Å². The summed E-state index contributed by atoms with van der Waals surface area (Å²) >= 11 is 0. The van der Waals surface area contributed by atoms with E-state index in [2.05, 4.69) is 0 Å². The fourth-order valence-corrected chi connectivity index (χ4v) is 2.38. The Kier molecular flexibility index (Phi) is 3.65. The molecule has 0 heterocycles. The van der Waals surface area contributed by atoms with Crippen LogP contribution in [-0.2, 0) is 14.9 Å². The molecule has 1 aliphatic carbocycles. The lowest BCUT2D eigenvalue weighted by Crippen LogP contribution is -2.33. The van der Waals surface area contributed by atoms with Crippen LogP contribution in [0, 0.1) is 33.2 Å². The molecule has 0 N–H and O–H groups in total. The number of benzene rings is 1. The van der Waals surface area contributed by atoms with Crippen LogP contribution in [0.1, 0.15) is 32.8 Å². The van der Waals surface area contributed by atoms with Crippen LogP contribution in [0.2, 0.25) is 0 Å². The highest BCUT2D eigenvalue weighted by atomic mass is 19.1. The molecule has 22 heavy (non-hydrogen) atoms. The van der Waals surface area contributed by atoms with Crippen LogP contribution >= 0.6 is 0 Å². The van der Waals surface area contributed by atoms with E-state index in [0.29, 0.717) is 0 Å². The fraction of sp³-hybridized carbons (Fsp3) is 0.467. The van der Waals surface area contributed by atoms with Crippen molar-refractivity contribution < 1.29 is 18.8 Å². The Bertz CT molecular complexity index is 690. The Hall–Kier alpha value is -2.49. The van der Waals surface area contributed by atoms with Crippen LogP contribution in [0.15, 0.2) is 18.2 Å². The second-order valence-corrected chi connectivity index (χ2v) is 6.28. The number of esters is 1. The van der Waals surface area contributed by atoms with Gasteiger partial charge in [-0.2, -0.15) is 9.65 Å². The minimum absolute atomic E-state index is 0.218. The van der Waals surface area contributed by atoms with Gasteiger partial charge >= 0.3 is 11.7 Å². The van der Waals surface area contributed by atoms with E-state index in [1.807, 2.05) is 6.07 Å². The number of hydrogen-bond donors (Lipinski definition) is 0. The van der Waals surface area contributed by atoms with Crippen LogP contribution in [-0.4, -0.2) is 16.5 Å². The summed E-state index contributed by atoms with van der Waals surface area (Å²) < 4.78 is 19.1. The number of rotatable bonds is 3. The lowest BCUT2D eigenvalue weighted by Gasteiger charge is -2.24. The van der Waals surface area contributed by atoms with Gasteiger partial charge in [0.05, 0.1) is 16.9 Å². The average molecular weight is 306 g/mol. The Balaban J connectivity index is 2.42. The molecule has 1 saturated carbocycles. The molecule has 6 nitrogen and oxygen atoms in total. The second-order valence-electron chi connectivity index (χ2n) is 6.28. The molecular formula is C15H15FN2O4. The second kappa shape index (κ2) is 5.05. The van der Waals surface area contributed by atoms with Crippen molar-refractivity contribution in [2.75, 3.05) is 0 Å². The summed E-state index contributed by atoms with van der Waals surface area (Å²) in [5.41, 5.74) is -2.42. The van der Waals surface area contributed by atoms with Crippen LogP contribution in [0.25, 0.3) is 0 Å². The van der Waals surface area contributed by atoms with Gasteiger partial charge in [0.1, 0.15) is 11.0 Å². The molecule has 0 bridgehead atoms. The van der Waals surface area contributed by atoms with Gasteiger partial charge in [-0.15, -0.1) is 0 Å². The first kappa shape index (κ1) is 15.9. The summed E-state index contributed by atoms with van der Waals surface area (Å²) in [6.07, 6.45) is 0.218. The van der Waals surface area contributed by atoms with Crippen molar-refractivity contribution in [2.24, 2.45) is 5.92 Å². The van der Waals surface area contributed by atoms with Crippen molar-refractivity contribution in [3.63, 3.8) is 0 Å². The third-order valence-electron chi connectivity index (χ3n) is 3.54. The summed E-state index contributed by atoms with van der Waals surface area (Å²) in [5.74, 6) is -2.27. The van der Waals surface area contributed by atoms with Gasteiger partial charge in [0.25, 0.3) is 0 Å². The van der Waals surface area contributed by atoms with Crippen molar-refractivity contribution >= 4 is 11.7 Å². The number of nitriles is 1. The van der Waals surface area contributed by atoms with E-state index in [1.165, 1.54) is 6.07 Å². The molecule has 0 aliphatic heterocycles. The van der Waals surface area contributed by atoms with E-state index in [-0.39, 0.29) is 12.0 Å². The van der Waals surface area contributed by atoms with Crippen molar-refractivity contribution in [3.05, 3.63) is 39.7 Å². The topological polar surface area (TPSA) is 93.2 Å². The molecule has 2 atom stereocenters. The van der Waals surface area contributed by atoms with Gasteiger partial charge < -0.3 is 4.74 Å². The number of halogens is 1. The van der Waals surface area contributed by atoms with Gasteiger partial charge in [-0.05, 0) is 38.8 Å². The Morgan fingerprint density at radius 2 is 2.18 bits per heavy atom. The van der Waals surface area contributed by atoms with E-state index >= 15 is 0 Å². The average Bonchev–Trinajstić information content (AvgIpc) is 3.11. The zero-order chi connectivity index (χ0) is 16.7. The van der Waals surface area contributed by atoms with Crippen molar-refractivity contribution in [1.82, 2.24) is 0 Å². The van der Waals surface area contributed by atoms with Gasteiger partial charge in [0.2, 0.25) is 5.82 Å². The van der Waals surface area contributed by atoms with Gasteiger partial charge in [-0.3, -0.25) is 14.9 Å². The minimum Gasteiger partial charge on any atom is -0.459 e. The third-order valence-corrected chi connectivity index (χ3v) is 3.54. The Morgan fingerprint density at radius 1 is 1.55 bits per heavy atom. The minimum atomic E-state index is -1.24. The first-order chi connectivity index (χ1) is 10.1. The number of carbonyl (C=O) groups excluding carboxylic acids is 1. The molecule has 1 aliphatic rings. The highest BCUT2D eigenvalue weighted by molar-refractivity contribution is 5.88. The first-order valence-electron chi connectivity index (χ1n) is 6.69. The predicted molar refractivity (Wildman–Crippen MR) is 74.3 cm³/mol. The van der Waals surface area contributed by atoms with Crippen molar-refractivity contribution in [3.8, 4) is 6.07 Å². The van der Waals surface area contributed by atoms with Gasteiger partial charge in [0.15, 0.2) is 0 Å². The maximum absolute atomic E-state index is 13.8. The number of nitro benzene ring substituents is 1. The number of hydrogen-bond acceptors (Lipinski definition) is 5. The van der Waals surface area contributed by atoms with Gasteiger partial charge in [0, 0.05) is 6.07 Å². The summed E-state index contributed by atoms with van der Waals surface area (Å²) in [6, 6.07) is 5.25. The summed E-state index contributed by atoms with van der Waals surface area (Å²) in [7, 11) is 0. The number of carbonyl (C=O) groups is 1. The highest BCUT2D eigenvalue weighted by Crippen LogP contribution is 2.55. The molecule has 7 heteroatoms. The molecule has 0 aromatic heterocycles. The van der Waals surface area contributed by atoms with Crippen molar-refractivity contribution in [2.45, 2.75) is 38.2 Å². The fourth-order valence-electron chi connectivity index (χ4n) is 2.38. The largest absolute Gasteiger partial charge is 0.459 e. The Labute approximate surface area is 126 Å². The van der Waals surface area contributed by atoms with E-state index in [9.17, 15) is 19.3 Å². The number of nitrogens with zero attached hydrogens (tertiary/aromatic N) is 2. The lowest BCUT2D eigenvalue weighted by molar-refractivity contribution is -0.387. The zero-order valence-corrected chi connectivity index (χ0v) is 12.4.